The zero-order valence-electron chi connectivity index (χ0n) is 17.2. The quantitative estimate of drug-likeness (QED) is 0.405. The second-order valence-corrected chi connectivity index (χ2v) is 9.25. The van der Waals surface area contributed by atoms with Crippen LogP contribution in [0.15, 0.2) is 58.0 Å². The van der Waals surface area contributed by atoms with E-state index in [4.69, 9.17) is 5.26 Å². The molecule has 0 saturated carbocycles. The molecule has 0 unspecified atom stereocenters. The van der Waals surface area contributed by atoms with E-state index in [0.29, 0.717) is 26.4 Å². The molecule has 0 aliphatic carbocycles. The molecule has 33 heavy (non-hydrogen) atoms. The summed E-state index contributed by atoms with van der Waals surface area (Å²) in [6, 6.07) is 15.1. The Morgan fingerprint density at radius 1 is 1.12 bits per heavy atom. The molecule has 0 radical (unpaired) electrons. The maximum absolute atomic E-state index is 13.1. The fraction of sp³-hybridized carbons (Fsp3) is 0.182. The Balaban J connectivity index is 1.35. The second kappa shape index (κ2) is 10.3. The minimum Gasteiger partial charge on any atom is -0.295 e. The summed E-state index contributed by atoms with van der Waals surface area (Å²) in [7, 11) is 0. The van der Waals surface area contributed by atoms with E-state index in [9.17, 15) is 14.0 Å². The number of hydrazone groups is 1. The van der Waals surface area contributed by atoms with Crippen molar-refractivity contribution in [3.05, 3.63) is 71.0 Å². The molecular weight excluding hydrogens is 463 g/mol. The summed E-state index contributed by atoms with van der Waals surface area (Å²) in [6.45, 7) is 0.158. The van der Waals surface area contributed by atoms with Gasteiger partial charge in [-0.1, -0.05) is 47.4 Å². The lowest BCUT2D eigenvalue weighted by atomic mass is 10.1. The lowest BCUT2D eigenvalue weighted by Crippen LogP contribution is -2.36. The predicted octanol–water partition coefficient (Wildman–Crippen LogP) is 3.96. The number of aromatic nitrogens is 2. The highest BCUT2D eigenvalue weighted by Crippen LogP contribution is 2.28. The summed E-state index contributed by atoms with van der Waals surface area (Å²) in [5.41, 5.74) is 2.58. The van der Waals surface area contributed by atoms with Gasteiger partial charge in [0, 0.05) is 18.6 Å². The fourth-order valence-electron chi connectivity index (χ4n) is 2.96. The molecule has 2 aromatic carbocycles. The van der Waals surface area contributed by atoms with Gasteiger partial charge in [0.2, 0.25) is 11.0 Å². The number of amides is 2. The Labute approximate surface area is 197 Å². The van der Waals surface area contributed by atoms with E-state index in [-0.39, 0.29) is 36.8 Å². The number of thioether (sulfide) groups is 1. The maximum atomic E-state index is 13.1. The van der Waals surface area contributed by atoms with Crippen LogP contribution in [0.4, 0.5) is 9.52 Å². The van der Waals surface area contributed by atoms with Crippen LogP contribution in [0.2, 0.25) is 0 Å². The lowest BCUT2D eigenvalue weighted by Gasteiger charge is -2.23. The van der Waals surface area contributed by atoms with Gasteiger partial charge in [-0.2, -0.15) is 10.4 Å². The first kappa shape index (κ1) is 22.6. The van der Waals surface area contributed by atoms with Crippen LogP contribution in [-0.2, 0) is 21.9 Å². The number of nitrogens with zero attached hydrogens (tertiary/aromatic N) is 5. The number of benzene rings is 2. The second-order valence-electron chi connectivity index (χ2n) is 7.05. The average molecular weight is 481 g/mol. The number of halogens is 1. The molecule has 2 amide bonds. The van der Waals surface area contributed by atoms with Crippen LogP contribution in [0.25, 0.3) is 0 Å². The number of carbonyl (C=O) groups excluding carboxylic acids is 2. The number of rotatable bonds is 7. The zero-order valence-corrected chi connectivity index (χ0v) is 18.8. The van der Waals surface area contributed by atoms with E-state index in [1.807, 2.05) is 12.1 Å². The normalized spacial score (nSPS) is 13.4. The van der Waals surface area contributed by atoms with Crippen molar-refractivity contribution in [3.8, 4) is 6.07 Å². The van der Waals surface area contributed by atoms with Gasteiger partial charge in [0.05, 0.1) is 18.2 Å². The molecule has 2 heterocycles. The number of anilines is 1. The molecule has 0 fully saturated rings. The fourth-order valence-corrected chi connectivity index (χ4v) is 4.66. The highest BCUT2D eigenvalue weighted by atomic mass is 32.2. The van der Waals surface area contributed by atoms with Crippen LogP contribution < -0.4 is 5.32 Å². The molecule has 166 valence electrons. The predicted molar refractivity (Wildman–Crippen MR) is 123 cm³/mol. The minimum absolute atomic E-state index is 0.158. The average Bonchev–Trinajstić information content (AvgIpc) is 3.28. The highest BCUT2D eigenvalue weighted by molar-refractivity contribution is 8.00. The first-order valence-corrected chi connectivity index (χ1v) is 11.7. The SMILES string of the molecule is N#Cc1ccc(CSc2nnc(NC(=O)C3=NN(Cc4ccc(F)cc4)C(=O)CC3)s2)cc1. The molecule has 1 aliphatic heterocycles. The molecule has 1 N–H and O–H groups in total. The van der Waals surface area contributed by atoms with Crippen molar-refractivity contribution in [2.24, 2.45) is 5.10 Å². The smallest absolute Gasteiger partial charge is 0.273 e. The largest absolute Gasteiger partial charge is 0.295 e. The van der Waals surface area contributed by atoms with Crippen LogP contribution in [0.1, 0.15) is 29.5 Å². The van der Waals surface area contributed by atoms with Crippen molar-refractivity contribution in [2.45, 2.75) is 29.5 Å². The Morgan fingerprint density at radius 2 is 1.85 bits per heavy atom. The molecule has 0 saturated heterocycles. The van der Waals surface area contributed by atoms with Gasteiger partial charge in [0.15, 0.2) is 4.34 Å². The summed E-state index contributed by atoms with van der Waals surface area (Å²) in [5.74, 6) is -0.347. The van der Waals surface area contributed by atoms with Crippen molar-refractivity contribution in [3.63, 3.8) is 0 Å². The number of nitrogens with one attached hydrogen (secondary N) is 1. The molecule has 8 nitrogen and oxygen atoms in total. The van der Waals surface area contributed by atoms with Gasteiger partial charge in [0.1, 0.15) is 11.5 Å². The summed E-state index contributed by atoms with van der Waals surface area (Å²) in [5, 5.41) is 25.4. The van der Waals surface area contributed by atoms with Crippen molar-refractivity contribution in [1.29, 1.82) is 5.26 Å². The van der Waals surface area contributed by atoms with Crippen molar-refractivity contribution in [2.75, 3.05) is 5.32 Å². The van der Waals surface area contributed by atoms with Crippen LogP contribution in [0.5, 0.6) is 0 Å². The van der Waals surface area contributed by atoms with Crippen molar-refractivity contribution >= 4 is 45.8 Å². The van der Waals surface area contributed by atoms with Gasteiger partial charge >= 0.3 is 0 Å². The van der Waals surface area contributed by atoms with Gasteiger partial charge in [-0.05, 0) is 35.4 Å². The zero-order chi connectivity index (χ0) is 23.2. The lowest BCUT2D eigenvalue weighted by molar-refractivity contribution is -0.132. The molecule has 0 bridgehead atoms. The highest BCUT2D eigenvalue weighted by Gasteiger charge is 2.25. The van der Waals surface area contributed by atoms with E-state index >= 15 is 0 Å². The number of carbonyl (C=O) groups is 2. The third kappa shape index (κ3) is 6.00. The van der Waals surface area contributed by atoms with Gasteiger partial charge in [-0.15, -0.1) is 10.2 Å². The number of hydrogen-bond donors (Lipinski definition) is 1. The summed E-state index contributed by atoms with van der Waals surface area (Å²) in [6.07, 6.45) is 0.388. The van der Waals surface area contributed by atoms with Gasteiger partial charge < -0.3 is 0 Å². The molecule has 4 rings (SSSR count). The molecule has 3 aromatic rings. The monoisotopic (exact) mass is 480 g/mol. The molecule has 0 atom stereocenters. The third-order valence-corrected chi connectivity index (χ3v) is 6.73. The first-order valence-electron chi connectivity index (χ1n) is 9.89. The summed E-state index contributed by atoms with van der Waals surface area (Å²) >= 11 is 2.72. The number of hydrogen-bond acceptors (Lipinski definition) is 8. The van der Waals surface area contributed by atoms with E-state index in [1.54, 1.807) is 24.3 Å². The molecule has 1 aromatic heterocycles. The topological polar surface area (TPSA) is 111 Å². The van der Waals surface area contributed by atoms with Gasteiger partial charge in [-0.25, -0.2) is 9.40 Å². The first-order chi connectivity index (χ1) is 16.0. The van der Waals surface area contributed by atoms with Crippen LogP contribution in [-0.4, -0.2) is 32.7 Å². The van der Waals surface area contributed by atoms with Crippen molar-refractivity contribution < 1.29 is 14.0 Å². The number of nitriles is 1. The summed E-state index contributed by atoms with van der Waals surface area (Å²) in [4.78, 5) is 24.8. The van der Waals surface area contributed by atoms with E-state index < -0.39 is 5.91 Å². The van der Waals surface area contributed by atoms with Crippen LogP contribution >= 0.6 is 23.1 Å². The maximum Gasteiger partial charge on any atom is 0.273 e. The van der Waals surface area contributed by atoms with Crippen LogP contribution in [0.3, 0.4) is 0 Å². The van der Waals surface area contributed by atoms with E-state index in [0.717, 1.165) is 5.56 Å². The van der Waals surface area contributed by atoms with Crippen molar-refractivity contribution in [1.82, 2.24) is 15.2 Å². The Hall–Kier alpha value is -3.62. The Morgan fingerprint density at radius 3 is 2.58 bits per heavy atom. The minimum atomic E-state index is -0.439. The van der Waals surface area contributed by atoms with Crippen LogP contribution in [0, 0.1) is 17.1 Å². The standard InChI is InChI=1S/C22H17FN6O2S2/c23-17-7-5-15(6-8-17)12-29-19(30)10-9-18(28-29)20(31)25-21-26-27-22(33-21)32-13-16-3-1-14(11-24)2-4-16/h1-8H,9-10,12-13H2,(H,25,26,31). The molecule has 1 aliphatic rings. The van der Waals surface area contributed by atoms with Gasteiger partial charge in [0.25, 0.3) is 5.91 Å². The van der Waals surface area contributed by atoms with E-state index in [2.05, 4.69) is 26.7 Å². The third-order valence-electron chi connectivity index (χ3n) is 4.68. The summed E-state index contributed by atoms with van der Waals surface area (Å²) < 4.78 is 13.8. The van der Waals surface area contributed by atoms with E-state index in [1.165, 1.54) is 40.2 Å². The molecule has 11 heteroatoms. The van der Waals surface area contributed by atoms with Gasteiger partial charge in [-0.3, -0.25) is 14.9 Å². The molecular formula is C22H17FN6O2S2. The Kier molecular flexibility index (Phi) is 7.07. The molecule has 0 spiro atoms. The Bertz CT molecular complexity index is 1240.